The number of fused-ring (bicyclic) bond motifs is 3. The van der Waals surface area contributed by atoms with Crippen molar-refractivity contribution >= 4 is 30.7 Å². The van der Waals surface area contributed by atoms with Crippen LogP contribution in [0.5, 0.6) is 0 Å². The quantitative estimate of drug-likeness (QED) is 0.762. The van der Waals surface area contributed by atoms with Gasteiger partial charge in [0.2, 0.25) is 5.91 Å². The summed E-state index contributed by atoms with van der Waals surface area (Å²) in [6.07, 6.45) is 11.0. The van der Waals surface area contributed by atoms with E-state index in [9.17, 15) is 4.79 Å². The number of aryl methyl sites for hydroxylation is 1. The first-order valence-electron chi connectivity index (χ1n) is 10.6. The zero-order chi connectivity index (χ0) is 18.1. The number of halogens is 2. The number of nitrogens with zero attached hydrogens (tertiary/aromatic N) is 3. The van der Waals surface area contributed by atoms with E-state index in [1.807, 2.05) is 0 Å². The second kappa shape index (κ2) is 10.3. The Labute approximate surface area is 180 Å². The van der Waals surface area contributed by atoms with Gasteiger partial charge in [0.15, 0.2) is 5.82 Å². The van der Waals surface area contributed by atoms with Crippen LogP contribution in [0.4, 0.5) is 0 Å². The number of carbonyl (C=O) groups excluding carboxylic acids is 1. The molecule has 8 heteroatoms. The highest BCUT2D eigenvalue weighted by molar-refractivity contribution is 5.85. The number of aromatic nitrogens is 3. The van der Waals surface area contributed by atoms with Gasteiger partial charge in [-0.15, -0.1) is 35.0 Å². The third kappa shape index (κ3) is 4.65. The van der Waals surface area contributed by atoms with Crippen molar-refractivity contribution in [3.05, 3.63) is 11.6 Å². The maximum Gasteiger partial charge on any atom is 0.223 e. The highest BCUT2D eigenvalue weighted by Crippen LogP contribution is 2.42. The Hall–Kier alpha value is -0.850. The molecule has 6 nitrogen and oxygen atoms in total. The number of nitrogens with two attached hydrogens (primary N) is 1. The van der Waals surface area contributed by atoms with Crippen LogP contribution in [0.1, 0.15) is 82.4 Å². The van der Waals surface area contributed by atoms with E-state index in [1.165, 1.54) is 38.5 Å². The van der Waals surface area contributed by atoms with Crippen molar-refractivity contribution in [2.45, 2.75) is 89.8 Å². The molecule has 1 amide bonds. The average molecular weight is 432 g/mol. The minimum atomic E-state index is -0.0303. The summed E-state index contributed by atoms with van der Waals surface area (Å²) in [5, 5.41) is 12.2. The molecule has 1 aromatic rings. The molecule has 2 heterocycles. The molecule has 0 aromatic carbocycles. The Balaban J connectivity index is 0.00000140. The highest BCUT2D eigenvalue weighted by atomic mass is 35.5. The summed E-state index contributed by atoms with van der Waals surface area (Å²) in [4.78, 5) is 13.0. The summed E-state index contributed by atoms with van der Waals surface area (Å²) in [5.74, 6) is 3.41. The topological polar surface area (TPSA) is 85.8 Å². The molecule has 160 valence electrons. The molecule has 4 rings (SSSR count). The fraction of sp³-hybridized carbons (Fsp3) is 0.850. The molecule has 3 N–H and O–H groups in total. The van der Waals surface area contributed by atoms with E-state index in [1.54, 1.807) is 0 Å². The molecule has 1 aromatic heterocycles. The molecule has 0 radical (unpaired) electrons. The average Bonchev–Trinajstić information content (AvgIpc) is 2.87. The van der Waals surface area contributed by atoms with Crippen molar-refractivity contribution in [1.82, 2.24) is 20.1 Å². The van der Waals surface area contributed by atoms with Gasteiger partial charge in [0.1, 0.15) is 5.82 Å². The van der Waals surface area contributed by atoms with E-state index in [0.717, 1.165) is 43.9 Å². The monoisotopic (exact) mass is 431 g/mol. The summed E-state index contributed by atoms with van der Waals surface area (Å²) in [5.41, 5.74) is 6.39. The van der Waals surface area contributed by atoms with E-state index in [4.69, 9.17) is 5.73 Å². The maximum absolute atomic E-state index is 13.0. The number of hydrogen-bond donors (Lipinski definition) is 2. The zero-order valence-corrected chi connectivity index (χ0v) is 18.4. The predicted molar refractivity (Wildman–Crippen MR) is 115 cm³/mol. The van der Waals surface area contributed by atoms with Crippen molar-refractivity contribution in [2.24, 2.45) is 23.5 Å². The minimum absolute atomic E-state index is 0. The summed E-state index contributed by atoms with van der Waals surface area (Å²) >= 11 is 0. The molecule has 2 bridgehead atoms. The van der Waals surface area contributed by atoms with Crippen LogP contribution in [0.15, 0.2) is 0 Å². The summed E-state index contributed by atoms with van der Waals surface area (Å²) in [6.45, 7) is 3.10. The van der Waals surface area contributed by atoms with E-state index in [-0.39, 0.29) is 42.7 Å². The molecule has 3 unspecified atom stereocenters. The van der Waals surface area contributed by atoms with Crippen LogP contribution in [-0.2, 0) is 17.8 Å². The van der Waals surface area contributed by atoms with Gasteiger partial charge in [-0.05, 0) is 56.8 Å². The SMILES string of the molecule is CCC(NC(=O)C1CC2CCCC(C1)C2N)c1nnc2n1CCCCC2.Cl.Cl. The summed E-state index contributed by atoms with van der Waals surface area (Å²) in [7, 11) is 0. The molecule has 1 aliphatic heterocycles. The lowest BCUT2D eigenvalue weighted by Gasteiger charge is -2.43. The first-order chi connectivity index (χ1) is 12.7. The summed E-state index contributed by atoms with van der Waals surface area (Å²) in [6, 6.07) is 0.277. The molecule has 3 aliphatic rings. The van der Waals surface area contributed by atoms with E-state index in [2.05, 4.69) is 27.0 Å². The molecular formula is C20H35Cl2N5O. The predicted octanol–water partition coefficient (Wildman–Crippen LogP) is 3.57. The summed E-state index contributed by atoms with van der Waals surface area (Å²) < 4.78 is 2.26. The van der Waals surface area contributed by atoms with Gasteiger partial charge in [-0.3, -0.25) is 4.79 Å². The highest BCUT2D eigenvalue weighted by Gasteiger charge is 2.41. The van der Waals surface area contributed by atoms with Crippen LogP contribution in [-0.4, -0.2) is 26.7 Å². The lowest BCUT2D eigenvalue weighted by molar-refractivity contribution is -0.128. The first kappa shape index (κ1) is 23.4. The van der Waals surface area contributed by atoms with Gasteiger partial charge in [0, 0.05) is 24.9 Å². The van der Waals surface area contributed by atoms with Gasteiger partial charge in [0.05, 0.1) is 6.04 Å². The Morgan fingerprint density at radius 3 is 2.54 bits per heavy atom. The molecule has 2 aliphatic carbocycles. The normalized spacial score (nSPS) is 30.1. The Morgan fingerprint density at radius 1 is 1.14 bits per heavy atom. The molecule has 3 atom stereocenters. The standard InChI is InChI=1S/C20H33N5O.2ClH/c1-2-16(19-24-23-17-9-4-3-5-10-25(17)19)22-20(26)15-11-13-7-6-8-14(12-15)18(13)21;;/h13-16,18H,2-12,21H2,1H3,(H,22,26);2*1H. The zero-order valence-electron chi connectivity index (χ0n) is 16.8. The van der Waals surface area contributed by atoms with Gasteiger partial charge < -0.3 is 15.6 Å². The van der Waals surface area contributed by atoms with Gasteiger partial charge in [0.25, 0.3) is 0 Å². The fourth-order valence-electron chi connectivity index (χ4n) is 5.41. The van der Waals surface area contributed by atoms with Gasteiger partial charge in [-0.1, -0.05) is 19.8 Å². The number of rotatable bonds is 4. The largest absolute Gasteiger partial charge is 0.346 e. The Morgan fingerprint density at radius 2 is 1.86 bits per heavy atom. The third-order valence-corrected chi connectivity index (χ3v) is 6.96. The number of carbonyl (C=O) groups is 1. The molecule has 2 saturated carbocycles. The number of nitrogens with one attached hydrogen (secondary N) is 1. The maximum atomic E-state index is 13.0. The third-order valence-electron chi connectivity index (χ3n) is 6.96. The van der Waals surface area contributed by atoms with Gasteiger partial charge >= 0.3 is 0 Å². The van der Waals surface area contributed by atoms with Crippen LogP contribution in [0.2, 0.25) is 0 Å². The van der Waals surface area contributed by atoms with E-state index >= 15 is 0 Å². The van der Waals surface area contributed by atoms with Crippen molar-refractivity contribution in [2.75, 3.05) is 0 Å². The van der Waals surface area contributed by atoms with Crippen molar-refractivity contribution in [1.29, 1.82) is 0 Å². The minimum Gasteiger partial charge on any atom is -0.346 e. The first-order valence-corrected chi connectivity index (χ1v) is 10.6. The van der Waals surface area contributed by atoms with E-state index < -0.39 is 0 Å². The van der Waals surface area contributed by atoms with Crippen molar-refractivity contribution in [3.63, 3.8) is 0 Å². The smallest absolute Gasteiger partial charge is 0.223 e. The number of amides is 1. The second-order valence-electron chi connectivity index (χ2n) is 8.60. The number of hydrogen-bond acceptors (Lipinski definition) is 4. The van der Waals surface area contributed by atoms with Gasteiger partial charge in [-0.25, -0.2) is 0 Å². The van der Waals surface area contributed by atoms with Crippen molar-refractivity contribution < 1.29 is 4.79 Å². The van der Waals surface area contributed by atoms with Crippen LogP contribution < -0.4 is 11.1 Å². The van der Waals surface area contributed by atoms with Crippen LogP contribution in [0.3, 0.4) is 0 Å². The molecule has 2 fully saturated rings. The second-order valence-corrected chi connectivity index (χ2v) is 8.60. The molecular weight excluding hydrogens is 397 g/mol. The molecule has 28 heavy (non-hydrogen) atoms. The van der Waals surface area contributed by atoms with Gasteiger partial charge in [-0.2, -0.15) is 0 Å². The fourth-order valence-corrected chi connectivity index (χ4v) is 5.41. The molecule has 0 spiro atoms. The van der Waals surface area contributed by atoms with E-state index in [0.29, 0.717) is 17.9 Å². The Kier molecular flexibility index (Phi) is 8.59. The molecule has 0 saturated heterocycles. The Bertz CT molecular complexity index is 639. The lowest BCUT2D eigenvalue weighted by Crippen LogP contribution is -2.49. The lowest BCUT2D eigenvalue weighted by atomic mass is 9.65. The van der Waals surface area contributed by atoms with Crippen molar-refractivity contribution in [3.8, 4) is 0 Å². The van der Waals surface area contributed by atoms with Crippen LogP contribution in [0, 0.1) is 17.8 Å². The van der Waals surface area contributed by atoms with Crippen LogP contribution >= 0.6 is 24.8 Å². The van der Waals surface area contributed by atoms with Crippen LogP contribution in [0.25, 0.3) is 0 Å².